The zero-order chi connectivity index (χ0) is 21.3. The molecule has 1 aliphatic carbocycles. The van der Waals surface area contributed by atoms with Gasteiger partial charge in [-0.25, -0.2) is 18.7 Å². The lowest BCUT2D eigenvalue weighted by Crippen LogP contribution is -2.51. The van der Waals surface area contributed by atoms with Gasteiger partial charge in [0.2, 0.25) is 17.7 Å². The molecule has 2 aromatic heterocycles. The zero-order valence-corrected chi connectivity index (χ0v) is 16.5. The number of amides is 2. The summed E-state index contributed by atoms with van der Waals surface area (Å²) < 4.78 is 26.7. The van der Waals surface area contributed by atoms with E-state index in [1.165, 1.54) is 6.08 Å². The highest BCUT2D eigenvalue weighted by atomic mass is 19.3. The molecule has 0 bridgehead atoms. The van der Waals surface area contributed by atoms with E-state index in [9.17, 15) is 18.4 Å². The Bertz CT molecular complexity index is 971. The summed E-state index contributed by atoms with van der Waals surface area (Å²) in [6.07, 6.45) is 6.32. The number of hydrogen-bond donors (Lipinski definition) is 2. The van der Waals surface area contributed by atoms with Crippen molar-refractivity contribution in [3.63, 3.8) is 0 Å². The number of rotatable bonds is 4. The van der Waals surface area contributed by atoms with Crippen LogP contribution in [-0.4, -0.2) is 63.8 Å². The van der Waals surface area contributed by atoms with Crippen molar-refractivity contribution in [2.24, 2.45) is 11.7 Å². The van der Waals surface area contributed by atoms with Crippen molar-refractivity contribution in [2.45, 2.75) is 31.6 Å². The van der Waals surface area contributed by atoms with E-state index in [-0.39, 0.29) is 37.5 Å². The molecule has 30 heavy (non-hydrogen) atoms. The first-order valence-electron chi connectivity index (χ1n) is 10.1. The molecule has 2 fully saturated rings. The number of halogens is 2. The van der Waals surface area contributed by atoms with Crippen LogP contribution in [0.2, 0.25) is 0 Å². The summed E-state index contributed by atoms with van der Waals surface area (Å²) in [5.41, 5.74) is 7.10. The van der Waals surface area contributed by atoms with Gasteiger partial charge in [0.1, 0.15) is 11.3 Å². The number of fused-ring (bicyclic) bond motifs is 1. The summed E-state index contributed by atoms with van der Waals surface area (Å²) >= 11 is 0. The second-order valence-electron chi connectivity index (χ2n) is 7.85. The summed E-state index contributed by atoms with van der Waals surface area (Å²) in [6, 6.07) is 0. The Hall–Kier alpha value is -3.04. The van der Waals surface area contributed by atoms with Crippen LogP contribution in [0.15, 0.2) is 18.5 Å². The average molecular weight is 418 g/mol. The van der Waals surface area contributed by atoms with Gasteiger partial charge in [-0.15, -0.1) is 0 Å². The smallest absolute Gasteiger partial charge is 0.248 e. The molecule has 0 radical (unpaired) electrons. The van der Waals surface area contributed by atoms with Gasteiger partial charge in [-0.3, -0.25) is 9.59 Å². The molecule has 8 nitrogen and oxygen atoms in total. The van der Waals surface area contributed by atoms with Crippen LogP contribution in [0.3, 0.4) is 0 Å². The molecule has 1 saturated carbocycles. The second kappa shape index (κ2) is 8.00. The van der Waals surface area contributed by atoms with Crippen molar-refractivity contribution in [3.05, 3.63) is 24.0 Å². The second-order valence-corrected chi connectivity index (χ2v) is 7.85. The van der Waals surface area contributed by atoms with E-state index in [4.69, 9.17) is 5.73 Å². The normalized spacial score (nSPS) is 20.2. The Morgan fingerprint density at radius 1 is 1.20 bits per heavy atom. The van der Waals surface area contributed by atoms with Crippen LogP contribution in [0.25, 0.3) is 17.2 Å². The quantitative estimate of drug-likeness (QED) is 0.738. The molecular weight excluding hydrogens is 394 g/mol. The lowest BCUT2D eigenvalue weighted by molar-refractivity contribution is -0.140. The van der Waals surface area contributed by atoms with E-state index >= 15 is 0 Å². The van der Waals surface area contributed by atoms with Gasteiger partial charge in [0.25, 0.3) is 0 Å². The third-order valence-electron chi connectivity index (χ3n) is 5.81. The number of carbonyl (C=O) groups excluding carboxylic acids is 2. The molecular formula is C20H24F2N6O2. The lowest BCUT2D eigenvalue weighted by atomic mass is 9.86. The van der Waals surface area contributed by atoms with Gasteiger partial charge >= 0.3 is 0 Å². The van der Waals surface area contributed by atoms with Crippen LogP contribution in [0.5, 0.6) is 0 Å². The van der Waals surface area contributed by atoms with Gasteiger partial charge in [0, 0.05) is 62.8 Å². The predicted molar refractivity (Wildman–Crippen MR) is 108 cm³/mol. The van der Waals surface area contributed by atoms with Gasteiger partial charge in [-0.05, 0) is 18.9 Å². The minimum Gasteiger partial charge on any atom is -0.366 e. The van der Waals surface area contributed by atoms with Crippen molar-refractivity contribution in [2.75, 3.05) is 31.1 Å². The Balaban J connectivity index is 1.40. The number of nitrogens with one attached hydrogen (secondary N) is 1. The first-order valence-corrected chi connectivity index (χ1v) is 10.1. The van der Waals surface area contributed by atoms with Crippen molar-refractivity contribution in [1.82, 2.24) is 19.9 Å². The SMILES string of the molecule is NC(=O)C=Cc1c[nH]c2ncc(N3CCN(C(=O)C4CCC(F)(F)CC4)CC3)nc12. The van der Waals surface area contributed by atoms with E-state index in [1.807, 2.05) is 4.90 Å². The maximum Gasteiger partial charge on any atom is 0.248 e. The molecule has 3 N–H and O–H groups in total. The van der Waals surface area contributed by atoms with Crippen LogP contribution < -0.4 is 10.6 Å². The fourth-order valence-corrected chi connectivity index (χ4v) is 4.05. The van der Waals surface area contributed by atoms with Crippen molar-refractivity contribution < 1.29 is 18.4 Å². The standard InChI is InChI=1S/C20H24F2N6O2/c21-20(22)5-3-13(4-6-20)19(30)28-9-7-27(8-10-28)16-12-25-18-17(26-16)14(11-24-18)1-2-15(23)29/h1-2,11-13H,3-10H2,(H2,23,29)(H,24,25). The van der Waals surface area contributed by atoms with E-state index in [0.29, 0.717) is 48.7 Å². The Morgan fingerprint density at radius 3 is 2.57 bits per heavy atom. The van der Waals surface area contributed by atoms with Crippen molar-refractivity contribution in [1.29, 1.82) is 0 Å². The highest BCUT2D eigenvalue weighted by Gasteiger charge is 2.39. The molecule has 2 amide bonds. The van der Waals surface area contributed by atoms with Crippen LogP contribution in [0.4, 0.5) is 14.6 Å². The monoisotopic (exact) mass is 418 g/mol. The van der Waals surface area contributed by atoms with Gasteiger partial charge in [-0.1, -0.05) is 0 Å². The Morgan fingerprint density at radius 2 is 1.90 bits per heavy atom. The number of nitrogens with two attached hydrogens (primary N) is 1. The molecule has 1 saturated heterocycles. The number of H-pyrrole nitrogens is 1. The van der Waals surface area contributed by atoms with Crippen molar-refractivity contribution >= 4 is 34.9 Å². The van der Waals surface area contributed by atoms with Crippen LogP contribution in [-0.2, 0) is 9.59 Å². The predicted octanol–water partition coefficient (Wildman–Crippen LogP) is 1.93. The van der Waals surface area contributed by atoms with Gasteiger partial charge in [0.15, 0.2) is 5.65 Å². The summed E-state index contributed by atoms with van der Waals surface area (Å²) in [6.45, 7) is 2.22. The van der Waals surface area contributed by atoms with Gasteiger partial charge < -0.3 is 20.5 Å². The summed E-state index contributed by atoms with van der Waals surface area (Å²) in [5, 5.41) is 0. The minimum absolute atomic E-state index is 0.0174. The average Bonchev–Trinajstić information content (AvgIpc) is 3.14. The fourth-order valence-electron chi connectivity index (χ4n) is 4.05. The zero-order valence-electron chi connectivity index (χ0n) is 16.5. The van der Waals surface area contributed by atoms with Gasteiger partial charge in [0.05, 0.1) is 6.20 Å². The Labute approximate surface area is 172 Å². The summed E-state index contributed by atoms with van der Waals surface area (Å²) in [5.74, 6) is -2.81. The molecule has 2 aliphatic rings. The molecule has 0 atom stereocenters. The van der Waals surface area contributed by atoms with Crippen molar-refractivity contribution in [3.8, 4) is 0 Å². The van der Waals surface area contributed by atoms with E-state index in [1.54, 1.807) is 23.4 Å². The lowest BCUT2D eigenvalue weighted by Gasteiger charge is -2.38. The number of piperazine rings is 1. The van der Waals surface area contributed by atoms with Crippen LogP contribution >= 0.6 is 0 Å². The van der Waals surface area contributed by atoms with Crippen LogP contribution in [0, 0.1) is 5.92 Å². The van der Waals surface area contributed by atoms with E-state index in [0.717, 1.165) is 0 Å². The third-order valence-corrected chi connectivity index (χ3v) is 5.81. The Kier molecular flexibility index (Phi) is 5.40. The minimum atomic E-state index is -2.63. The maximum atomic E-state index is 13.4. The first-order chi connectivity index (χ1) is 14.3. The highest BCUT2D eigenvalue weighted by molar-refractivity contribution is 5.93. The number of aromatic amines is 1. The molecule has 0 aromatic carbocycles. The number of hydrogen-bond acceptors (Lipinski definition) is 5. The molecule has 1 aliphatic heterocycles. The number of primary amides is 1. The molecule has 3 heterocycles. The summed E-state index contributed by atoms with van der Waals surface area (Å²) in [7, 11) is 0. The number of carbonyl (C=O) groups is 2. The molecule has 2 aromatic rings. The number of anilines is 1. The molecule has 10 heteroatoms. The number of aromatic nitrogens is 3. The summed E-state index contributed by atoms with van der Waals surface area (Å²) in [4.78, 5) is 39.5. The molecule has 4 rings (SSSR count). The van der Waals surface area contributed by atoms with Gasteiger partial charge in [-0.2, -0.15) is 0 Å². The molecule has 160 valence electrons. The number of alkyl halides is 2. The van der Waals surface area contributed by atoms with E-state index < -0.39 is 11.8 Å². The topological polar surface area (TPSA) is 108 Å². The largest absolute Gasteiger partial charge is 0.366 e. The fraction of sp³-hybridized carbons (Fsp3) is 0.500. The first kappa shape index (κ1) is 20.2. The number of nitrogens with zero attached hydrogens (tertiary/aromatic N) is 4. The highest BCUT2D eigenvalue weighted by Crippen LogP contribution is 2.37. The third kappa shape index (κ3) is 4.27. The van der Waals surface area contributed by atoms with Crippen LogP contribution in [0.1, 0.15) is 31.2 Å². The maximum absolute atomic E-state index is 13.4. The molecule has 0 unspecified atom stereocenters. The molecule has 0 spiro atoms. The van der Waals surface area contributed by atoms with E-state index in [2.05, 4.69) is 15.0 Å².